The van der Waals surface area contributed by atoms with Gasteiger partial charge in [-0.05, 0) is 31.8 Å². The molecule has 1 aliphatic carbocycles. The number of oxime groups is 1. The summed E-state index contributed by atoms with van der Waals surface area (Å²) in [6.07, 6.45) is 0.946. The molecule has 4 nitrogen and oxygen atoms in total. The van der Waals surface area contributed by atoms with Gasteiger partial charge >= 0.3 is 0 Å². The zero-order valence-corrected chi connectivity index (χ0v) is 14.1. The number of para-hydroxylation sites is 1. The minimum atomic E-state index is -0.278. The summed E-state index contributed by atoms with van der Waals surface area (Å²) in [6.45, 7) is 1.44. The fraction of sp³-hybridized carbons (Fsp3) is 0.350. The zero-order chi connectivity index (χ0) is 16.6. The Balaban J connectivity index is 1.65. The van der Waals surface area contributed by atoms with Crippen LogP contribution in [0.25, 0.3) is 0 Å². The van der Waals surface area contributed by atoms with Gasteiger partial charge in [0.05, 0.1) is 11.6 Å². The Labute approximate surface area is 142 Å². The van der Waals surface area contributed by atoms with Crippen LogP contribution >= 0.6 is 0 Å². The molecular formula is C20H22N2O2. The molecule has 0 spiro atoms. The minimum Gasteiger partial charge on any atom is -0.481 e. The highest BCUT2D eigenvalue weighted by molar-refractivity contribution is 6.08. The standard InChI is InChI=1S/C20H22N2O2/c1-22(2)12-13-23-21-19-16-10-6-7-11-18(16)24-20(14-17(19)20)15-8-4-3-5-9-15/h3-11,17H,12-14H2,1-2H3. The Kier molecular flexibility index (Phi) is 3.77. The molecule has 0 N–H and O–H groups in total. The molecular weight excluding hydrogens is 300 g/mol. The molecule has 2 aliphatic rings. The van der Waals surface area contributed by atoms with Crippen LogP contribution in [0.5, 0.6) is 5.75 Å². The molecule has 2 unspecified atom stereocenters. The number of hydrogen-bond donors (Lipinski definition) is 0. The fourth-order valence-corrected chi connectivity index (χ4v) is 3.38. The van der Waals surface area contributed by atoms with Gasteiger partial charge in [-0.25, -0.2) is 0 Å². The minimum absolute atomic E-state index is 0.258. The van der Waals surface area contributed by atoms with E-state index in [1.165, 1.54) is 5.56 Å². The van der Waals surface area contributed by atoms with Gasteiger partial charge in [-0.3, -0.25) is 0 Å². The van der Waals surface area contributed by atoms with E-state index in [2.05, 4.69) is 40.4 Å². The molecule has 4 heteroatoms. The quantitative estimate of drug-likeness (QED) is 0.626. The molecule has 4 rings (SSSR count). The average molecular weight is 322 g/mol. The lowest BCUT2D eigenvalue weighted by Gasteiger charge is -2.27. The lowest BCUT2D eigenvalue weighted by atomic mass is 9.96. The normalized spacial score (nSPS) is 25.8. The van der Waals surface area contributed by atoms with Crippen molar-refractivity contribution in [3.8, 4) is 5.75 Å². The second kappa shape index (κ2) is 5.95. The molecule has 2 aromatic rings. The third kappa shape index (κ3) is 2.57. The summed E-state index contributed by atoms with van der Waals surface area (Å²) in [5.41, 5.74) is 3.00. The molecule has 0 amide bonds. The van der Waals surface area contributed by atoms with Gasteiger partial charge in [0, 0.05) is 18.5 Å². The van der Waals surface area contributed by atoms with Crippen LogP contribution in [0, 0.1) is 5.92 Å². The van der Waals surface area contributed by atoms with Gasteiger partial charge in [0.2, 0.25) is 0 Å². The number of ether oxygens (including phenoxy) is 1. The Bertz CT molecular complexity index is 757. The predicted molar refractivity (Wildman–Crippen MR) is 94.3 cm³/mol. The van der Waals surface area contributed by atoms with Crippen LogP contribution in [0.1, 0.15) is 17.5 Å². The first-order valence-electron chi connectivity index (χ1n) is 8.39. The summed E-state index contributed by atoms with van der Waals surface area (Å²) >= 11 is 0. The van der Waals surface area contributed by atoms with E-state index in [4.69, 9.17) is 9.57 Å². The van der Waals surface area contributed by atoms with Gasteiger partial charge in [0.15, 0.2) is 0 Å². The Morgan fingerprint density at radius 3 is 2.67 bits per heavy atom. The molecule has 0 saturated heterocycles. The van der Waals surface area contributed by atoms with Crippen molar-refractivity contribution in [2.75, 3.05) is 27.2 Å². The highest BCUT2D eigenvalue weighted by Gasteiger charge is 2.64. The number of likely N-dealkylation sites (N-methyl/N-ethyl adjacent to an activating group) is 1. The van der Waals surface area contributed by atoms with Gasteiger partial charge in [-0.15, -0.1) is 0 Å². The molecule has 1 aliphatic heterocycles. The van der Waals surface area contributed by atoms with Crippen LogP contribution in [-0.4, -0.2) is 37.9 Å². The Hall–Kier alpha value is -2.33. The third-order valence-corrected chi connectivity index (χ3v) is 4.75. The van der Waals surface area contributed by atoms with Gasteiger partial charge in [0.25, 0.3) is 0 Å². The molecule has 0 bridgehead atoms. The molecule has 1 saturated carbocycles. The number of benzene rings is 2. The summed E-state index contributed by atoms with van der Waals surface area (Å²) in [4.78, 5) is 7.70. The van der Waals surface area contributed by atoms with E-state index in [1.807, 2.05) is 38.4 Å². The summed E-state index contributed by atoms with van der Waals surface area (Å²) in [5.74, 6) is 1.15. The van der Waals surface area contributed by atoms with E-state index >= 15 is 0 Å². The van der Waals surface area contributed by atoms with Crippen molar-refractivity contribution in [2.24, 2.45) is 11.1 Å². The summed E-state index contributed by atoms with van der Waals surface area (Å²) in [7, 11) is 4.06. The van der Waals surface area contributed by atoms with E-state index in [9.17, 15) is 0 Å². The lowest BCUT2D eigenvalue weighted by Crippen LogP contribution is -2.28. The van der Waals surface area contributed by atoms with Gasteiger partial charge < -0.3 is 14.5 Å². The summed E-state index contributed by atoms with van der Waals surface area (Å²) in [6, 6.07) is 18.5. The van der Waals surface area contributed by atoms with E-state index in [0.717, 1.165) is 30.0 Å². The zero-order valence-electron chi connectivity index (χ0n) is 14.1. The predicted octanol–water partition coefficient (Wildman–Crippen LogP) is 3.28. The second-order valence-electron chi connectivity index (χ2n) is 6.72. The molecule has 0 radical (unpaired) electrons. The molecule has 1 fully saturated rings. The Morgan fingerprint density at radius 1 is 1.12 bits per heavy atom. The maximum absolute atomic E-state index is 6.41. The monoisotopic (exact) mass is 322 g/mol. The first kappa shape index (κ1) is 15.2. The number of rotatable bonds is 5. The number of fused-ring (bicyclic) bond motifs is 2. The van der Waals surface area contributed by atoms with Crippen molar-refractivity contribution in [2.45, 2.75) is 12.0 Å². The van der Waals surface area contributed by atoms with Crippen molar-refractivity contribution < 1.29 is 9.57 Å². The third-order valence-electron chi connectivity index (χ3n) is 4.75. The molecule has 2 aromatic carbocycles. The van der Waals surface area contributed by atoms with Crippen LogP contribution in [0.15, 0.2) is 59.8 Å². The van der Waals surface area contributed by atoms with Crippen LogP contribution in [-0.2, 0) is 10.4 Å². The lowest BCUT2D eigenvalue weighted by molar-refractivity contribution is 0.121. The van der Waals surface area contributed by atoms with Gasteiger partial charge in [-0.2, -0.15) is 0 Å². The number of hydrogen-bond acceptors (Lipinski definition) is 4. The van der Waals surface area contributed by atoms with E-state index in [0.29, 0.717) is 6.61 Å². The summed E-state index contributed by atoms with van der Waals surface area (Å²) in [5, 5.41) is 4.50. The topological polar surface area (TPSA) is 34.1 Å². The molecule has 1 heterocycles. The molecule has 0 aromatic heterocycles. The van der Waals surface area contributed by atoms with Crippen molar-refractivity contribution >= 4 is 5.71 Å². The van der Waals surface area contributed by atoms with Crippen LogP contribution in [0.3, 0.4) is 0 Å². The fourth-order valence-electron chi connectivity index (χ4n) is 3.38. The van der Waals surface area contributed by atoms with E-state index in [-0.39, 0.29) is 11.5 Å². The first-order valence-corrected chi connectivity index (χ1v) is 8.39. The maximum atomic E-state index is 6.41. The highest BCUT2D eigenvalue weighted by atomic mass is 16.6. The van der Waals surface area contributed by atoms with Crippen LogP contribution < -0.4 is 4.74 Å². The molecule has 2 atom stereocenters. The SMILES string of the molecule is CN(C)CCON=C1c2ccccc2OC2(c3ccccc3)CC12. The molecule has 124 valence electrons. The number of nitrogens with zero attached hydrogens (tertiary/aromatic N) is 2. The molecule has 24 heavy (non-hydrogen) atoms. The van der Waals surface area contributed by atoms with E-state index in [1.54, 1.807) is 0 Å². The van der Waals surface area contributed by atoms with Crippen molar-refractivity contribution in [1.82, 2.24) is 4.90 Å². The van der Waals surface area contributed by atoms with Gasteiger partial charge in [-0.1, -0.05) is 47.6 Å². The smallest absolute Gasteiger partial charge is 0.143 e. The second-order valence-corrected chi connectivity index (χ2v) is 6.72. The van der Waals surface area contributed by atoms with Crippen LogP contribution in [0.2, 0.25) is 0 Å². The summed E-state index contributed by atoms with van der Waals surface area (Å²) < 4.78 is 6.41. The maximum Gasteiger partial charge on any atom is 0.143 e. The Morgan fingerprint density at radius 2 is 1.88 bits per heavy atom. The van der Waals surface area contributed by atoms with Crippen LogP contribution in [0.4, 0.5) is 0 Å². The average Bonchev–Trinajstić information content (AvgIpc) is 3.34. The van der Waals surface area contributed by atoms with Crippen molar-refractivity contribution in [3.63, 3.8) is 0 Å². The first-order chi connectivity index (χ1) is 11.7. The highest BCUT2D eigenvalue weighted by Crippen LogP contribution is 2.60. The van der Waals surface area contributed by atoms with Crippen molar-refractivity contribution in [3.05, 3.63) is 65.7 Å². The largest absolute Gasteiger partial charge is 0.481 e. The van der Waals surface area contributed by atoms with E-state index < -0.39 is 0 Å². The van der Waals surface area contributed by atoms with Crippen molar-refractivity contribution in [1.29, 1.82) is 0 Å². The van der Waals surface area contributed by atoms with Gasteiger partial charge in [0.1, 0.15) is 18.0 Å².